The van der Waals surface area contributed by atoms with Gasteiger partial charge in [0.05, 0.1) is 11.5 Å². The van der Waals surface area contributed by atoms with Crippen LogP contribution in [0.2, 0.25) is 0 Å². The Balaban J connectivity index is 2.43. The zero-order valence-electron chi connectivity index (χ0n) is 9.48. The second-order valence-corrected chi connectivity index (χ2v) is 4.06. The highest BCUT2D eigenvalue weighted by Gasteiger charge is 2.35. The van der Waals surface area contributed by atoms with E-state index in [1.165, 1.54) is 6.08 Å². The molecule has 4 heteroatoms. The highest BCUT2D eigenvalue weighted by atomic mass is 16.4. The van der Waals surface area contributed by atoms with Crippen LogP contribution in [0.5, 0.6) is 0 Å². The number of carbonyl (C=O) groups is 2. The van der Waals surface area contributed by atoms with Gasteiger partial charge in [0.2, 0.25) is 0 Å². The summed E-state index contributed by atoms with van der Waals surface area (Å²) in [6, 6.07) is 9.05. The standard InChI is InChI=1S/C14H12O4/c15-13(16)11-8-4-7-10(12(11)14(17)18)9-5-2-1-3-6-9/h1-8,10,12H,(H,15,16)(H,17,18). The third-order valence-corrected chi connectivity index (χ3v) is 2.99. The molecule has 2 unspecified atom stereocenters. The van der Waals surface area contributed by atoms with Gasteiger partial charge in [0, 0.05) is 5.92 Å². The van der Waals surface area contributed by atoms with Crippen LogP contribution >= 0.6 is 0 Å². The van der Waals surface area contributed by atoms with Gasteiger partial charge in [0.1, 0.15) is 0 Å². The maximum atomic E-state index is 11.3. The van der Waals surface area contributed by atoms with Crippen molar-refractivity contribution in [3.63, 3.8) is 0 Å². The van der Waals surface area contributed by atoms with E-state index in [1.54, 1.807) is 36.4 Å². The molecular weight excluding hydrogens is 232 g/mol. The van der Waals surface area contributed by atoms with Crippen molar-refractivity contribution in [2.45, 2.75) is 5.92 Å². The summed E-state index contributed by atoms with van der Waals surface area (Å²) in [7, 11) is 0. The Bertz CT molecular complexity index is 528. The predicted octanol–water partition coefficient (Wildman–Crippen LogP) is 2.05. The number of benzene rings is 1. The van der Waals surface area contributed by atoms with Gasteiger partial charge < -0.3 is 10.2 Å². The van der Waals surface area contributed by atoms with Crippen molar-refractivity contribution in [1.29, 1.82) is 0 Å². The first-order valence-corrected chi connectivity index (χ1v) is 5.50. The first-order chi connectivity index (χ1) is 8.61. The summed E-state index contributed by atoms with van der Waals surface area (Å²) in [6.07, 6.45) is 4.67. The van der Waals surface area contributed by atoms with Crippen molar-refractivity contribution in [1.82, 2.24) is 0 Å². The number of carboxylic acids is 2. The summed E-state index contributed by atoms with van der Waals surface area (Å²) in [5.41, 5.74) is 0.715. The molecule has 0 spiro atoms. The lowest BCUT2D eigenvalue weighted by Gasteiger charge is -2.24. The molecule has 92 valence electrons. The van der Waals surface area contributed by atoms with Gasteiger partial charge in [0.15, 0.2) is 0 Å². The largest absolute Gasteiger partial charge is 0.481 e. The average molecular weight is 244 g/mol. The summed E-state index contributed by atoms with van der Waals surface area (Å²) >= 11 is 0. The van der Waals surface area contributed by atoms with Gasteiger partial charge >= 0.3 is 11.9 Å². The zero-order valence-corrected chi connectivity index (χ0v) is 9.48. The Hall–Kier alpha value is -2.36. The molecule has 0 fully saturated rings. The monoisotopic (exact) mass is 244 g/mol. The van der Waals surface area contributed by atoms with E-state index in [-0.39, 0.29) is 5.57 Å². The van der Waals surface area contributed by atoms with E-state index < -0.39 is 23.8 Å². The molecule has 18 heavy (non-hydrogen) atoms. The Morgan fingerprint density at radius 3 is 2.28 bits per heavy atom. The van der Waals surface area contributed by atoms with Crippen molar-refractivity contribution < 1.29 is 19.8 Å². The summed E-state index contributed by atoms with van der Waals surface area (Å²) in [5.74, 6) is -3.80. The highest BCUT2D eigenvalue weighted by Crippen LogP contribution is 2.34. The van der Waals surface area contributed by atoms with Crippen LogP contribution in [0.1, 0.15) is 11.5 Å². The van der Waals surface area contributed by atoms with Gasteiger partial charge in [0.25, 0.3) is 0 Å². The van der Waals surface area contributed by atoms with Crippen LogP contribution in [0.4, 0.5) is 0 Å². The van der Waals surface area contributed by atoms with Gasteiger partial charge in [-0.05, 0) is 5.56 Å². The van der Waals surface area contributed by atoms with Gasteiger partial charge in [-0.1, -0.05) is 48.6 Å². The molecular formula is C14H12O4. The highest BCUT2D eigenvalue weighted by molar-refractivity contribution is 5.95. The van der Waals surface area contributed by atoms with E-state index >= 15 is 0 Å². The smallest absolute Gasteiger partial charge is 0.332 e. The van der Waals surface area contributed by atoms with E-state index in [0.29, 0.717) is 0 Å². The number of allylic oxidation sites excluding steroid dienone is 3. The lowest BCUT2D eigenvalue weighted by atomic mass is 9.78. The minimum Gasteiger partial charge on any atom is -0.481 e. The number of aliphatic carboxylic acids is 2. The van der Waals surface area contributed by atoms with E-state index in [4.69, 9.17) is 5.11 Å². The minimum atomic E-state index is -1.19. The second kappa shape index (κ2) is 4.87. The molecule has 1 aliphatic rings. The fourth-order valence-electron chi connectivity index (χ4n) is 2.16. The maximum Gasteiger partial charge on any atom is 0.332 e. The molecule has 0 amide bonds. The first-order valence-electron chi connectivity index (χ1n) is 5.50. The van der Waals surface area contributed by atoms with E-state index in [0.717, 1.165) is 5.56 Å². The molecule has 0 saturated heterocycles. The fourth-order valence-corrected chi connectivity index (χ4v) is 2.16. The number of carboxylic acid groups (broad SMARTS) is 2. The normalized spacial score (nSPS) is 22.3. The molecule has 1 aromatic carbocycles. The molecule has 2 N–H and O–H groups in total. The molecule has 0 bridgehead atoms. The SMILES string of the molecule is O=C(O)C1=CC=CC(c2ccccc2)C1C(=O)O. The topological polar surface area (TPSA) is 74.6 Å². The van der Waals surface area contributed by atoms with E-state index in [2.05, 4.69) is 0 Å². The predicted molar refractivity (Wildman–Crippen MR) is 65.2 cm³/mol. The van der Waals surface area contributed by atoms with E-state index in [1.807, 2.05) is 6.07 Å². The molecule has 2 atom stereocenters. The lowest BCUT2D eigenvalue weighted by Crippen LogP contribution is -2.28. The second-order valence-electron chi connectivity index (χ2n) is 4.06. The molecule has 1 aromatic rings. The zero-order chi connectivity index (χ0) is 13.1. The molecule has 0 heterocycles. The van der Waals surface area contributed by atoms with Crippen molar-refractivity contribution in [2.75, 3.05) is 0 Å². The third-order valence-electron chi connectivity index (χ3n) is 2.99. The first kappa shape index (κ1) is 12.1. The van der Waals surface area contributed by atoms with Crippen molar-refractivity contribution in [3.8, 4) is 0 Å². The van der Waals surface area contributed by atoms with Crippen LogP contribution in [-0.4, -0.2) is 22.2 Å². The van der Waals surface area contributed by atoms with Gasteiger partial charge in [-0.2, -0.15) is 0 Å². The van der Waals surface area contributed by atoms with Crippen LogP contribution < -0.4 is 0 Å². The molecule has 1 aliphatic carbocycles. The van der Waals surface area contributed by atoms with Gasteiger partial charge in [-0.25, -0.2) is 4.79 Å². The maximum absolute atomic E-state index is 11.3. The number of hydrogen-bond acceptors (Lipinski definition) is 2. The third kappa shape index (κ3) is 2.18. The summed E-state index contributed by atoms with van der Waals surface area (Å²) in [5, 5.41) is 18.3. The molecule has 0 radical (unpaired) electrons. The summed E-state index contributed by atoms with van der Waals surface area (Å²) in [4.78, 5) is 22.4. The molecule has 0 aliphatic heterocycles. The quantitative estimate of drug-likeness (QED) is 0.853. The van der Waals surface area contributed by atoms with Gasteiger partial charge in [-0.3, -0.25) is 4.79 Å². The Kier molecular flexibility index (Phi) is 3.28. The van der Waals surface area contributed by atoms with Crippen LogP contribution in [0.25, 0.3) is 0 Å². The Labute approximate surface area is 104 Å². The number of rotatable bonds is 3. The summed E-state index contributed by atoms with van der Waals surface area (Å²) in [6.45, 7) is 0. The van der Waals surface area contributed by atoms with Crippen LogP contribution in [0, 0.1) is 5.92 Å². The van der Waals surface area contributed by atoms with Crippen LogP contribution in [0.15, 0.2) is 54.1 Å². The van der Waals surface area contributed by atoms with Gasteiger partial charge in [-0.15, -0.1) is 0 Å². The Morgan fingerprint density at radius 1 is 1.06 bits per heavy atom. The van der Waals surface area contributed by atoms with Crippen LogP contribution in [-0.2, 0) is 9.59 Å². The lowest BCUT2D eigenvalue weighted by molar-refractivity contribution is -0.144. The van der Waals surface area contributed by atoms with Crippen LogP contribution in [0.3, 0.4) is 0 Å². The Morgan fingerprint density at radius 2 is 1.72 bits per heavy atom. The van der Waals surface area contributed by atoms with Crippen molar-refractivity contribution >= 4 is 11.9 Å². The molecule has 4 nitrogen and oxygen atoms in total. The molecule has 0 aromatic heterocycles. The number of hydrogen-bond donors (Lipinski definition) is 2. The fraction of sp³-hybridized carbons (Fsp3) is 0.143. The summed E-state index contributed by atoms with van der Waals surface area (Å²) < 4.78 is 0. The van der Waals surface area contributed by atoms with E-state index in [9.17, 15) is 14.7 Å². The average Bonchev–Trinajstić information content (AvgIpc) is 2.38. The van der Waals surface area contributed by atoms with Crippen molar-refractivity contribution in [3.05, 3.63) is 59.7 Å². The molecule has 2 rings (SSSR count). The minimum absolute atomic E-state index is 0.0844. The van der Waals surface area contributed by atoms with Crippen molar-refractivity contribution in [2.24, 2.45) is 5.92 Å². The molecule has 0 saturated carbocycles.